The van der Waals surface area contributed by atoms with Crippen LogP contribution in [0.5, 0.6) is 0 Å². The van der Waals surface area contributed by atoms with Gasteiger partial charge < -0.3 is 4.98 Å². The maximum Gasteiger partial charge on any atom is 0.0540 e. The lowest BCUT2D eigenvalue weighted by atomic mass is 9.87. The van der Waals surface area contributed by atoms with E-state index in [4.69, 9.17) is 0 Å². The Kier molecular flexibility index (Phi) is 8.09. The largest absolute Gasteiger partial charge is 0.360 e. The van der Waals surface area contributed by atoms with Gasteiger partial charge >= 0.3 is 0 Å². The van der Waals surface area contributed by atoms with Crippen molar-refractivity contribution in [3.63, 3.8) is 0 Å². The minimum atomic E-state index is 1.12. The molecule has 0 amide bonds. The second-order valence-electron chi connectivity index (χ2n) is 13.8. The van der Waals surface area contributed by atoms with E-state index in [9.17, 15) is 0 Å². The Morgan fingerprint density at radius 3 is 1.35 bits per heavy atom. The Labute approximate surface area is 319 Å². The molecule has 0 unspecified atom stereocenters. The normalized spacial score (nSPS) is 11.3. The first-order valence-electron chi connectivity index (χ1n) is 18.4. The number of aromatic amines is 1. The molecule has 2 aromatic heterocycles. The van der Waals surface area contributed by atoms with Crippen LogP contribution in [0.4, 0.5) is 0 Å². The second-order valence-corrected chi connectivity index (χ2v) is 14.6. The zero-order valence-corrected chi connectivity index (χ0v) is 30.4. The van der Waals surface area contributed by atoms with Gasteiger partial charge in [0.05, 0.1) is 5.69 Å². The summed E-state index contributed by atoms with van der Waals surface area (Å²) in [5, 5.41) is 7.24. The zero-order chi connectivity index (χ0) is 35.8. The van der Waals surface area contributed by atoms with Crippen LogP contribution in [0.25, 0.3) is 98.9 Å². The first kappa shape index (κ1) is 32.0. The van der Waals surface area contributed by atoms with Gasteiger partial charge in [0.25, 0.3) is 0 Å². The van der Waals surface area contributed by atoms with Crippen LogP contribution in [0.2, 0.25) is 0 Å². The third-order valence-corrected chi connectivity index (χ3v) is 11.6. The Bertz CT molecular complexity index is 2700. The topological polar surface area (TPSA) is 15.8 Å². The molecule has 2 heteroatoms. The van der Waals surface area contributed by atoms with E-state index in [2.05, 4.69) is 211 Å². The average Bonchev–Trinajstić information content (AvgIpc) is 3.90. The number of benzene rings is 8. The van der Waals surface area contributed by atoms with Crippen LogP contribution >= 0.6 is 11.3 Å². The van der Waals surface area contributed by atoms with Gasteiger partial charge in [-0.2, -0.15) is 0 Å². The van der Waals surface area contributed by atoms with Crippen LogP contribution in [0.15, 0.2) is 206 Å². The van der Waals surface area contributed by atoms with E-state index in [1.54, 1.807) is 0 Å². The minimum Gasteiger partial charge on any atom is -0.360 e. The zero-order valence-electron chi connectivity index (χ0n) is 29.5. The summed E-state index contributed by atoms with van der Waals surface area (Å²) in [6.07, 6.45) is 2.17. The molecule has 0 saturated carbocycles. The fraction of sp³-hybridized carbons (Fsp3) is 0. The molecule has 0 fully saturated rings. The molecule has 8 aromatic carbocycles. The van der Waals surface area contributed by atoms with Crippen LogP contribution in [0.3, 0.4) is 0 Å². The fourth-order valence-corrected chi connectivity index (χ4v) is 9.12. The highest BCUT2D eigenvalue weighted by Gasteiger charge is 2.21. The number of hydrogen-bond donors (Lipinski definition) is 1. The molecule has 0 bridgehead atoms. The second kappa shape index (κ2) is 13.7. The molecule has 0 radical (unpaired) electrons. The molecule has 10 aromatic rings. The molecule has 2 heterocycles. The quantitative estimate of drug-likeness (QED) is 0.170. The van der Waals surface area contributed by atoms with Crippen LogP contribution in [-0.4, -0.2) is 4.98 Å². The molecule has 0 spiro atoms. The highest BCUT2D eigenvalue weighted by atomic mass is 32.1. The maximum atomic E-state index is 3.75. The van der Waals surface area contributed by atoms with E-state index in [1.165, 1.54) is 87.6 Å². The van der Waals surface area contributed by atoms with Crippen molar-refractivity contribution in [2.75, 3.05) is 0 Å². The van der Waals surface area contributed by atoms with Crippen LogP contribution < -0.4 is 0 Å². The molecule has 0 atom stereocenters. The van der Waals surface area contributed by atoms with Crippen molar-refractivity contribution in [3.05, 3.63) is 206 Å². The van der Waals surface area contributed by atoms with Crippen molar-refractivity contribution in [2.45, 2.75) is 0 Å². The van der Waals surface area contributed by atoms with Gasteiger partial charge in [-0.25, -0.2) is 0 Å². The number of aromatic nitrogens is 1. The number of fused-ring (bicyclic) bond motifs is 2. The molecular weight excluding hydrogens is 671 g/mol. The van der Waals surface area contributed by atoms with Gasteiger partial charge in [-0.15, -0.1) is 11.3 Å². The molecule has 254 valence electrons. The van der Waals surface area contributed by atoms with Crippen molar-refractivity contribution >= 4 is 32.9 Å². The van der Waals surface area contributed by atoms with E-state index in [0.29, 0.717) is 0 Å². The maximum absolute atomic E-state index is 3.75. The molecule has 0 aliphatic rings. The van der Waals surface area contributed by atoms with E-state index in [-0.39, 0.29) is 0 Å². The highest BCUT2D eigenvalue weighted by molar-refractivity contribution is 7.14. The van der Waals surface area contributed by atoms with Gasteiger partial charge in [-0.05, 0) is 95.7 Å². The molecule has 0 aliphatic carbocycles. The SMILES string of the molecule is c1ccc(-c2c[nH]c(-c3cc(-c4cc(-c5scc(-c6ccccc6)c5-c5ccccc5)cc5ccccc45)c4ccccc4c3)c2-c2ccccc2)cc1. The van der Waals surface area contributed by atoms with Gasteiger partial charge in [0, 0.05) is 33.3 Å². The van der Waals surface area contributed by atoms with Gasteiger partial charge in [-0.1, -0.05) is 170 Å². The summed E-state index contributed by atoms with van der Waals surface area (Å²) in [5.74, 6) is 0. The first-order valence-corrected chi connectivity index (χ1v) is 19.3. The summed E-state index contributed by atoms with van der Waals surface area (Å²) < 4.78 is 0. The first-order chi connectivity index (χ1) is 26.8. The van der Waals surface area contributed by atoms with Crippen LogP contribution in [0.1, 0.15) is 0 Å². The Morgan fingerprint density at radius 2 is 0.778 bits per heavy atom. The predicted octanol–water partition coefficient (Wildman–Crippen LogP) is 15.1. The van der Waals surface area contributed by atoms with Crippen molar-refractivity contribution < 1.29 is 0 Å². The molecule has 0 saturated heterocycles. The van der Waals surface area contributed by atoms with E-state index in [1.807, 2.05) is 11.3 Å². The van der Waals surface area contributed by atoms with Crippen LogP contribution in [-0.2, 0) is 0 Å². The van der Waals surface area contributed by atoms with Crippen molar-refractivity contribution in [3.8, 4) is 77.3 Å². The number of nitrogens with one attached hydrogen (secondary N) is 1. The number of hydrogen-bond acceptors (Lipinski definition) is 1. The lowest BCUT2D eigenvalue weighted by Crippen LogP contribution is -1.91. The standard InChI is InChI=1S/C52H35NS/c1-5-17-35(18-6-1)47-33-53-51(49(47)37-21-9-3-10-22-37)41-29-39-25-13-15-27-43(39)45(31-41)46-32-42(30-40-26-14-16-28-44(40)46)52-50(38-23-11-4-12-24-38)48(34-54-52)36-19-7-2-8-20-36/h1-34,53H. The molecular formula is C52H35NS. The van der Waals surface area contributed by atoms with E-state index < -0.39 is 0 Å². The molecule has 0 aliphatic heterocycles. The molecule has 10 rings (SSSR count). The van der Waals surface area contributed by atoms with Gasteiger partial charge in [0.1, 0.15) is 0 Å². The van der Waals surface area contributed by atoms with Crippen molar-refractivity contribution in [1.29, 1.82) is 0 Å². The molecule has 54 heavy (non-hydrogen) atoms. The predicted molar refractivity (Wildman–Crippen MR) is 232 cm³/mol. The third-order valence-electron chi connectivity index (χ3n) is 10.5. The molecule has 1 N–H and O–H groups in total. The summed E-state index contributed by atoms with van der Waals surface area (Å²) in [5.41, 5.74) is 15.7. The van der Waals surface area contributed by atoms with Crippen molar-refractivity contribution in [1.82, 2.24) is 4.98 Å². The summed E-state index contributed by atoms with van der Waals surface area (Å²) in [4.78, 5) is 5.02. The van der Waals surface area contributed by atoms with Gasteiger partial charge in [-0.3, -0.25) is 0 Å². The van der Waals surface area contributed by atoms with Gasteiger partial charge in [0.15, 0.2) is 0 Å². The highest BCUT2D eigenvalue weighted by Crippen LogP contribution is 2.48. The summed E-state index contributed by atoms with van der Waals surface area (Å²) in [6, 6.07) is 70.3. The lowest BCUT2D eigenvalue weighted by molar-refractivity contribution is 1.40. The summed E-state index contributed by atoms with van der Waals surface area (Å²) in [6.45, 7) is 0. The Morgan fingerprint density at radius 1 is 0.333 bits per heavy atom. The van der Waals surface area contributed by atoms with E-state index >= 15 is 0 Å². The van der Waals surface area contributed by atoms with Gasteiger partial charge in [0.2, 0.25) is 0 Å². The van der Waals surface area contributed by atoms with E-state index in [0.717, 1.165) is 11.3 Å². The summed E-state index contributed by atoms with van der Waals surface area (Å²) in [7, 11) is 0. The smallest absolute Gasteiger partial charge is 0.0540 e. The minimum absolute atomic E-state index is 1.12. The number of rotatable bonds is 7. The Hall–Kier alpha value is -6.74. The Balaban J connectivity index is 1.23. The number of thiophene rings is 1. The number of H-pyrrole nitrogens is 1. The van der Waals surface area contributed by atoms with Crippen LogP contribution in [0, 0.1) is 0 Å². The summed E-state index contributed by atoms with van der Waals surface area (Å²) >= 11 is 1.83. The molecule has 1 nitrogen and oxygen atoms in total. The third kappa shape index (κ3) is 5.65. The van der Waals surface area contributed by atoms with Crippen molar-refractivity contribution in [2.24, 2.45) is 0 Å². The fourth-order valence-electron chi connectivity index (χ4n) is 8.04. The monoisotopic (exact) mass is 705 g/mol. The lowest BCUT2D eigenvalue weighted by Gasteiger charge is -2.16. The average molecular weight is 706 g/mol.